The number of hydrogen-bond acceptors (Lipinski definition) is 3. The second-order valence-electron chi connectivity index (χ2n) is 3.29. The minimum absolute atomic E-state index is 0.532. The van der Waals surface area contributed by atoms with Gasteiger partial charge in [0.2, 0.25) is 0 Å². The summed E-state index contributed by atoms with van der Waals surface area (Å²) in [7, 11) is 0. The Morgan fingerprint density at radius 3 is 2.71 bits per heavy atom. The van der Waals surface area contributed by atoms with E-state index in [4.69, 9.17) is 16.9 Å². The van der Waals surface area contributed by atoms with Crippen LogP contribution < -0.4 is 5.32 Å². The summed E-state index contributed by atoms with van der Waals surface area (Å²) in [5.41, 5.74) is 1.33. The molecule has 0 aliphatic heterocycles. The van der Waals surface area contributed by atoms with Crippen molar-refractivity contribution >= 4 is 45.7 Å². The highest BCUT2D eigenvalue weighted by Gasteiger charge is 2.02. The van der Waals surface area contributed by atoms with E-state index in [-0.39, 0.29) is 0 Å². The molecule has 0 aliphatic carbocycles. The normalized spacial score (nSPS) is 9.71. The molecule has 0 amide bonds. The van der Waals surface area contributed by atoms with Crippen LogP contribution in [0.1, 0.15) is 5.56 Å². The first-order valence-corrected chi connectivity index (χ1v) is 6.23. The first-order chi connectivity index (χ1) is 8.19. The third-order valence-corrected chi connectivity index (χ3v) is 3.07. The van der Waals surface area contributed by atoms with Crippen molar-refractivity contribution < 1.29 is 0 Å². The standard InChI is InChI=1S/C12H7ClIN3/c13-10-5-9(14)2-3-11(10)17-12-4-1-8(6-15)7-16-12/h1-5,7H,(H,16,17). The van der Waals surface area contributed by atoms with Gasteiger partial charge in [-0.25, -0.2) is 4.98 Å². The number of rotatable bonds is 2. The van der Waals surface area contributed by atoms with Gasteiger partial charge in [0.05, 0.1) is 16.3 Å². The second-order valence-corrected chi connectivity index (χ2v) is 4.95. The van der Waals surface area contributed by atoms with Crippen LogP contribution in [-0.2, 0) is 0 Å². The molecule has 17 heavy (non-hydrogen) atoms. The molecule has 1 N–H and O–H groups in total. The highest BCUT2D eigenvalue weighted by atomic mass is 127. The number of nitrogens with zero attached hydrogens (tertiary/aromatic N) is 2. The Balaban J connectivity index is 2.23. The number of benzene rings is 1. The summed E-state index contributed by atoms with van der Waals surface area (Å²) >= 11 is 8.29. The van der Waals surface area contributed by atoms with Gasteiger partial charge in [-0.3, -0.25) is 0 Å². The van der Waals surface area contributed by atoms with Crippen molar-refractivity contribution in [1.29, 1.82) is 5.26 Å². The van der Waals surface area contributed by atoms with Crippen molar-refractivity contribution in [1.82, 2.24) is 4.98 Å². The zero-order chi connectivity index (χ0) is 12.3. The lowest BCUT2D eigenvalue weighted by Gasteiger charge is -2.07. The van der Waals surface area contributed by atoms with Gasteiger partial charge in [-0.05, 0) is 52.9 Å². The topological polar surface area (TPSA) is 48.7 Å². The molecule has 0 spiro atoms. The second kappa shape index (κ2) is 5.34. The first kappa shape index (κ1) is 12.1. The van der Waals surface area contributed by atoms with Crippen LogP contribution in [0, 0.1) is 14.9 Å². The van der Waals surface area contributed by atoms with Gasteiger partial charge < -0.3 is 5.32 Å². The SMILES string of the molecule is N#Cc1ccc(Nc2ccc(I)cc2Cl)nc1. The van der Waals surface area contributed by atoms with Crippen LogP contribution in [0.5, 0.6) is 0 Å². The zero-order valence-corrected chi connectivity index (χ0v) is 11.5. The number of nitrogens with one attached hydrogen (secondary N) is 1. The van der Waals surface area contributed by atoms with Crippen molar-refractivity contribution in [2.45, 2.75) is 0 Å². The number of halogens is 2. The van der Waals surface area contributed by atoms with E-state index < -0.39 is 0 Å². The lowest BCUT2D eigenvalue weighted by atomic mass is 10.3. The quantitative estimate of drug-likeness (QED) is 0.830. The van der Waals surface area contributed by atoms with Crippen molar-refractivity contribution in [2.75, 3.05) is 5.32 Å². The molecule has 0 aliphatic rings. The minimum atomic E-state index is 0.532. The van der Waals surface area contributed by atoms with Crippen LogP contribution >= 0.6 is 34.2 Å². The molecule has 1 aromatic carbocycles. The molecule has 0 bridgehead atoms. The van der Waals surface area contributed by atoms with Crippen LogP contribution in [-0.4, -0.2) is 4.98 Å². The van der Waals surface area contributed by atoms with E-state index >= 15 is 0 Å². The van der Waals surface area contributed by atoms with Crippen molar-refractivity contribution in [3.05, 3.63) is 50.7 Å². The average Bonchev–Trinajstić information content (AvgIpc) is 2.34. The molecule has 3 nitrogen and oxygen atoms in total. The van der Waals surface area contributed by atoms with Gasteiger partial charge in [-0.15, -0.1) is 0 Å². The Kier molecular flexibility index (Phi) is 3.82. The largest absolute Gasteiger partial charge is 0.339 e. The first-order valence-electron chi connectivity index (χ1n) is 4.77. The summed E-state index contributed by atoms with van der Waals surface area (Å²) in [5, 5.41) is 12.4. The monoisotopic (exact) mass is 355 g/mol. The van der Waals surface area contributed by atoms with E-state index in [9.17, 15) is 0 Å². The molecule has 0 atom stereocenters. The summed E-state index contributed by atoms with van der Waals surface area (Å²) in [6.07, 6.45) is 1.52. The molecule has 1 aromatic heterocycles. The number of aromatic nitrogens is 1. The summed E-state index contributed by atoms with van der Waals surface area (Å²) in [6, 6.07) is 11.2. The maximum absolute atomic E-state index is 8.66. The van der Waals surface area contributed by atoms with E-state index in [2.05, 4.69) is 32.9 Å². The van der Waals surface area contributed by atoms with Gasteiger partial charge in [0.15, 0.2) is 0 Å². The number of pyridine rings is 1. The summed E-state index contributed by atoms with van der Waals surface area (Å²) in [5.74, 6) is 0.659. The average molecular weight is 356 g/mol. The molecule has 2 aromatic rings. The van der Waals surface area contributed by atoms with Gasteiger partial charge >= 0.3 is 0 Å². The highest BCUT2D eigenvalue weighted by molar-refractivity contribution is 14.1. The smallest absolute Gasteiger partial charge is 0.130 e. The fourth-order valence-electron chi connectivity index (χ4n) is 1.26. The van der Waals surface area contributed by atoms with E-state index in [1.54, 1.807) is 12.1 Å². The number of anilines is 2. The van der Waals surface area contributed by atoms with Gasteiger partial charge in [0, 0.05) is 9.77 Å². The summed E-state index contributed by atoms with van der Waals surface area (Å²) < 4.78 is 1.07. The molecule has 0 saturated carbocycles. The van der Waals surface area contributed by atoms with E-state index in [1.165, 1.54) is 6.20 Å². The Bertz CT molecular complexity index is 575. The number of nitriles is 1. The molecular formula is C12H7ClIN3. The third-order valence-electron chi connectivity index (χ3n) is 2.09. The van der Waals surface area contributed by atoms with Gasteiger partial charge in [-0.2, -0.15) is 5.26 Å². The highest BCUT2D eigenvalue weighted by Crippen LogP contribution is 2.26. The predicted molar refractivity (Wildman–Crippen MR) is 76.4 cm³/mol. The molecule has 2 rings (SSSR count). The Labute approximate surface area is 118 Å². The summed E-state index contributed by atoms with van der Waals surface area (Å²) in [4.78, 5) is 4.11. The molecule has 0 fully saturated rings. The third kappa shape index (κ3) is 3.08. The molecule has 0 saturated heterocycles. The van der Waals surface area contributed by atoms with Crippen LogP contribution in [0.15, 0.2) is 36.5 Å². The van der Waals surface area contributed by atoms with Crippen molar-refractivity contribution in [3.8, 4) is 6.07 Å². The zero-order valence-electron chi connectivity index (χ0n) is 8.61. The van der Waals surface area contributed by atoms with Crippen LogP contribution in [0.2, 0.25) is 5.02 Å². The predicted octanol–water partition coefficient (Wildman–Crippen LogP) is 3.95. The molecule has 5 heteroatoms. The number of hydrogen-bond donors (Lipinski definition) is 1. The van der Waals surface area contributed by atoms with Gasteiger partial charge in [-0.1, -0.05) is 11.6 Å². The molecular weight excluding hydrogens is 349 g/mol. The molecule has 0 radical (unpaired) electrons. The van der Waals surface area contributed by atoms with Crippen LogP contribution in [0.4, 0.5) is 11.5 Å². The van der Waals surface area contributed by atoms with Crippen LogP contribution in [0.25, 0.3) is 0 Å². The lowest BCUT2D eigenvalue weighted by Crippen LogP contribution is -1.94. The van der Waals surface area contributed by atoms with Gasteiger partial charge in [0.25, 0.3) is 0 Å². The summed E-state index contributed by atoms with van der Waals surface area (Å²) in [6.45, 7) is 0. The minimum Gasteiger partial charge on any atom is -0.339 e. The maximum atomic E-state index is 8.66. The Morgan fingerprint density at radius 2 is 2.12 bits per heavy atom. The van der Waals surface area contributed by atoms with Crippen LogP contribution in [0.3, 0.4) is 0 Å². The van der Waals surface area contributed by atoms with E-state index in [0.717, 1.165) is 9.26 Å². The Hall–Kier alpha value is -1.32. The van der Waals surface area contributed by atoms with Crippen molar-refractivity contribution in [3.63, 3.8) is 0 Å². The van der Waals surface area contributed by atoms with Gasteiger partial charge in [0.1, 0.15) is 11.9 Å². The lowest BCUT2D eigenvalue weighted by molar-refractivity contribution is 1.29. The molecule has 84 valence electrons. The fourth-order valence-corrected chi connectivity index (χ4v) is 2.17. The van der Waals surface area contributed by atoms with E-state index in [1.807, 2.05) is 24.3 Å². The fraction of sp³-hybridized carbons (Fsp3) is 0. The molecule has 0 unspecified atom stereocenters. The molecule has 1 heterocycles. The van der Waals surface area contributed by atoms with Crippen molar-refractivity contribution in [2.24, 2.45) is 0 Å². The van der Waals surface area contributed by atoms with E-state index in [0.29, 0.717) is 16.4 Å². The Morgan fingerprint density at radius 1 is 1.29 bits per heavy atom. The maximum Gasteiger partial charge on any atom is 0.130 e.